The third-order valence-electron chi connectivity index (χ3n) is 4.85. The van der Waals surface area contributed by atoms with Gasteiger partial charge in [0.2, 0.25) is 5.91 Å². The van der Waals surface area contributed by atoms with Crippen molar-refractivity contribution >= 4 is 5.91 Å². The quantitative estimate of drug-likeness (QED) is 0.732. The van der Waals surface area contributed by atoms with Crippen LogP contribution in [0.15, 0.2) is 59.3 Å². The van der Waals surface area contributed by atoms with E-state index < -0.39 is 0 Å². The maximum atomic E-state index is 12.8. The van der Waals surface area contributed by atoms with Crippen molar-refractivity contribution in [1.82, 2.24) is 14.6 Å². The zero-order chi connectivity index (χ0) is 17.2. The van der Waals surface area contributed by atoms with E-state index in [1.165, 1.54) is 5.69 Å². The molecule has 1 aliphatic rings. The van der Waals surface area contributed by atoms with E-state index in [1.807, 2.05) is 60.6 Å². The number of amides is 1. The zero-order valence-electron chi connectivity index (χ0n) is 14.3. The van der Waals surface area contributed by atoms with E-state index >= 15 is 0 Å². The summed E-state index contributed by atoms with van der Waals surface area (Å²) < 4.78 is 7.50. The van der Waals surface area contributed by atoms with Crippen molar-refractivity contribution in [1.29, 1.82) is 0 Å². The fraction of sp³-hybridized carbons (Fsp3) is 0.300. The summed E-state index contributed by atoms with van der Waals surface area (Å²) in [4.78, 5) is 14.8. The van der Waals surface area contributed by atoms with E-state index in [0.717, 1.165) is 24.9 Å². The van der Waals surface area contributed by atoms with E-state index in [4.69, 9.17) is 4.52 Å². The Morgan fingerprint density at radius 3 is 2.84 bits per heavy atom. The lowest BCUT2D eigenvalue weighted by Gasteiger charge is -2.25. The molecule has 0 saturated carbocycles. The van der Waals surface area contributed by atoms with Crippen LogP contribution in [-0.4, -0.2) is 27.1 Å². The molecule has 0 radical (unpaired) electrons. The summed E-state index contributed by atoms with van der Waals surface area (Å²) in [7, 11) is 2.03. The van der Waals surface area contributed by atoms with E-state index in [1.54, 1.807) is 0 Å². The number of hydrogen-bond donors (Lipinski definition) is 0. The van der Waals surface area contributed by atoms with Gasteiger partial charge < -0.3 is 14.0 Å². The summed E-state index contributed by atoms with van der Waals surface area (Å²) in [5, 5.41) is 4.08. The maximum Gasteiger partial charge on any atom is 0.229 e. The Balaban J connectivity index is 1.49. The van der Waals surface area contributed by atoms with Crippen molar-refractivity contribution in [3.63, 3.8) is 0 Å². The summed E-state index contributed by atoms with van der Waals surface area (Å²) >= 11 is 0. The second-order valence-electron chi connectivity index (χ2n) is 6.51. The van der Waals surface area contributed by atoms with Gasteiger partial charge in [-0.1, -0.05) is 35.5 Å². The van der Waals surface area contributed by atoms with Crippen LogP contribution in [0.1, 0.15) is 30.3 Å². The molecule has 1 unspecified atom stereocenters. The molecule has 5 nitrogen and oxygen atoms in total. The summed E-state index contributed by atoms with van der Waals surface area (Å²) in [6.45, 7) is 0.804. The van der Waals surface area contributed by atoms with E-state index in [9.17, 15) is 4.79 Å². The van der Waals surface area contributed by atoms with Gasteiger partial charge in [-0.15, -0.1) is 0 Å². The highest BCUT2D eigenvalue weighted by atomic mass is 16.5. The second-order valence-corrected chi connectivity index (χ2v) is 6.51. The Kier molecular flexibility index (Phi) is 4.14. The molecule has 0 N–H and O–H groups in total. The predicted molar refractivity (Wildman–Crippen MR) is 94.7 cm³/mol. The smallest absolute Gasteiger partial charge is 0.229 e. The average molecular weight is 335 g/mol. The fourth-order valence-corrected chi connectivity index (χ4v) is 3.58. The molecule has 0 spiro atoms. The van der Waals surface area contributed by atoms with E-state index in [-0.39, 0.29) is 18.4 Å². The Hall–Kier alpha value is -2.82. The topological polar surface area (TPSA) is 51.3 Å². The van der Waals surface area contributed by atoms with Crippen LogP contribution in [0.5, 0.6) is 0 Å². The Morgan fingerprint density at radius 1 is 1.24 bits per heavy atom. The lowest BCUT2D eigenvalue weighted by molar-refractivity contribution is -0.131. The molecule has 1 fully saturated rings. The molecule has 25 heavy (non-hydrogen) atoms. The molecule has 1 amide bonds. The van der Waals surface area contributed by atoms with E-state index in [0.29, 0.717) is 11.5 Å². The van der Waals surface area contributed by atoms with E-state index in [2.05, 4.69) is 15.8 Å². The molecule has 0 bridgehead atoms. The number of aryl methyl sites for hydroxylation is 1. The third kappa shape index (κ3) is 3.09. The molecular formula is C20H21N3O2. The van der Waals surface area contributed by atoms with Crippen LogP contribution in [0.4, 0.5) is 0 Å². The number of benzene rings is 1. The van der Waals surface area contributed by atoms with Crippen LogP contribution >= 0.6 is 0 Å². The van der Waals surface area contributed by atoms with Crippen molar-refractivity contribution < 1.29 is 9.32 Å². The van der Waals surface area contributed by atoms with Crippen LogP contribution in [0.2, 0.25) is 0 Å². The first kappa shape index (κ1) is 15.7. The van der Waals surface area contributed by atoms with Gasteiger partial charge in [0.25, 0.3) is 0 Å². The number of likely N-dealkylation sites (tertiary alicyclic amines) is 1. The third-order valence-corrected chi connectivity index (χ3v) is 4.85. The molecule has 5 heteroatoms. The first-order chi connectivity index (χ1) is 12.2. The van der Waals surface area contributed by atoms with Crippen molar-refractivity contribution in [2.24, 2.45) is 7.05 Å². The molecule has 4 rings (SSSR count). The SMILES string of the molecule is Cn1cccc1C1CCCN1C(=O)Cc1cc(-c2ccccc2)on1. The monoisotopic (exact) mass is 335 g/mol. The summed E-state index contributed by atoms with van der Waals surface area (Å²) in [6.07, 6.45) is 4.35. The van der Waals surface area contributed by atoms with Crippen molar-refractivity contribution in [2.45, 2.75) is 25.3 Å². The van der Waals surface area contributed by atoms with Crippen LogP contribution < -0.4 is 0 Å². The molecular weight excluding hydrogens is 314 g/mol. The Bertz CT molecular complexity index is 866. The second kappa shape index (κ2) is 6.59. The molecule has 3 heterocycles. The molecule has 2 aromatic heterocycles. The summed E-state index contributed by atoms with van der Waals surface area (Å²) in [6, 6.07) is 16.0. The standard InChI is InChI=1S/C20H21N3O2/c1-22-11-5-9-17(22)18-10-6-12-23(18)20(24)14-16-13-19(25-21-16)15-7-3-2-4-8-15/h2-5,7-9,11,13,18H,6,10,12,14H2,1H3. The van der Waals surface area contributed by atoms with Gasteiger partial charge in [-0.3, -0.25) is 4.79 Å². The van der Waals surface area contributed by atoms with Crippen LogP contribution in [0.3, 0.4) is 0 Å². The minimum atomic E-state index is 0.108. The molecule has 1 aromatic carbocycles. The highest BCUT2D eigenvalue weighted by Gasteiger charge is 2.31. The minimum Gasteiger partial charge on any atom is -0.356 e. The lowest BCUT2D eigenvalue weighted by Crippen LogP contribution is -2.32. The summed E-state index contributed by atoms with van der Waals surface area (Å²) in [5.41, 5.74) is 2.84. The van der Waals surface area contributed by atoms with Crippen molar-refractivity contribution in [3.8, 4) is 11.3 Å². The van der Waals surface area contributed by atoms with Crippen LogP contribution in [0, 0.1) is 0 Å². The lowest BCUT2D eigenvalue weighted by atomic mass is 10.1. The minimum absolute atomic E-state index is 0.108. The van der Waals surface area contributed by atoms with Gasteiger partial charge in [0.1, 0.15) is 0 Å². The molecule has 1 saturated heterocycles. The number of carbonyl (C=O) groups is 1. The van der Waals surface area contributed by atoms with Gasteiger partial charge in [0.15, 0.2) is 5.76 Å². The zero-order valence-corrected chi connectivity index (χ0v) is 14.3. The van der Waals surface area contributed by atoms with Gasteiger partial charge in [0.05, 0.1) is 18.2 Å². The number of carbonyl (C=O) groups excluding carboxylic acids is 1. The number of nitrogens with zero attached hydrogens (tertiary/aromatic N) is 3. The fourth-order valence-electron chi connectivity index (χ4n) is 3.58. The molecule has 3 aromatic rings. The predicted octanol–water partition coefficient (Wildman–Crippen LogP) is 3.59. The van der Waals surface area contributed by atoms with Crippen molar-refractivity contribution in [2.75, 3.05) is 6.54 Å². The number of rotatable bonds is 4. The van der Waals surface area contributed by atoms with Gasteiger partial charge in [-0.2, -0.15) is 0 Å². The molecule has 128 valence electrons. The van der Waals surface area contributed by atoms with Gasteiger partial charge in [0, 0.05) is 37.1 Å². The highest BCUT2D eigenvalue weighted by Crippen LogP contribution is 2.32. The van der Waals surface area contributed by atoms with Crippen LogP contribution in [0.25, 0.3) is 11.3 Å². The Morgan fingerprint density at radius 2 is 2.08 bits per heavy atom. The van der Waals surface area contributed by atoms with Crippen LogP contribution in [-0.2, 0) is 18.3 Å². The van der Waals surface area contributed by atoms with Gasteiger partial charge >= 0.3 is 0 Å². The Labute approximate surface area is 146 Å². The largest absolute Gasteiger partial charge is 0.356 e. The number of aromatic nitrogens is 2. The number of hydrogen-bond acceptors (Lipinski definition) is 3. The molecule has 0 aliphatic carbocycles. The molecule has 1 aliphatic heterocycles. The molecule has 1 atom stereocenters. The first-order valence-electron chi connectivity index (χ1n) is 8.64. The summed E-state index contributed by atoms with van der Waals surface area (Å²) in [5.74, 6) is 0.806. The van der Waals surface area contributed by atoms with Gasteiger partial charge in [-0.05, 0) is 25.0 Å². The maximum absolute atomic E-state index is 12.8. The first-order valence-corrected chi connectivity index (χ1v) is 8.64. The average Bonchev–Trinajstić information content (AvgIpc) is 3.35. The van der Waals surface area contributed by atoms with Gasteiger partial charge in [-0.25, -0.2) is 0 Å². The normalized spacial score (nSPS) is 17.2. The highest BCUT2D eigenvalue weighted by molar-refractivity contribution is 5.79. The van der Waals surface area contributed by atoms with Crippen molar-refractivity contribution in [3.05, 3.63) is 66.1 Å².